The number of ether oxygens (including phenoxy) is 4. The van der Waals surface area contributed by atoms with E-state index in [9.17, 15) is 4.79 Å². The standard InChI is InChI=1S/C15H29NO5/c1-2-3-7-18-8-9-19-10-11-20-12-13-21-15(17)14-5-4-6-16-14/h14,16H,2-13H2,1H3. The van der Waals surface area contributed by atoms with Gasteiger partial charge in [0.25, 0.3) is 0 Å². The summed E-state index contributed by atoms with van der Waals surface area (Å²) in [5.41, 5.74) is 0. The maximum atomic E-state index is 11.5. The van der Waals surface area contributed by atoms with Crippen molar-refractivity contribution in [2.45, 2.75) is 38.6 Å². The highest BCUT2D eigenvalue weighted by Gasteiger charge is 2.22. The Balaban J connectivity index is 1.75. The average Bonchev–Trinajstić information content (AvgIpc) is 3.02. The fourth-order valence-electron chi connectivity index (χ4n) is 1.98. The van der Waals surface area contributed by atoms with E-state index in [1.54, 1.807) is 0 Å². The topological polar surface area (TPSA) is 66.0 Å². The van der Waals surface area contributed by atoms with Gasteiger partial charge in [0.2, 0.25) is 0 Å². The first-order valence-corrected chi connectivity index (χ1v) is 7.98. The molecule has 1 atom stereocenters. The maximum absolute atomic E-state index is 11.5. The van der Waals surface area contributed by atoms with Crippen LogP contribution in [0.4, 0.5) is 0 Å². The van der Waals surface area contributed by atoms with E-state index in [1.807, 2.05) is 0 Å². The minimum absolute atomic E-state index is 0.124. The van der Waals surface area contributed by atoms with E-state index in [4.69, 9.17) is 18.9 Å². The lowest BCUT2D eigenvalue weighted by molar-refractivity contribution is -0.147. The van der Waals surface area contributed by atoms with Gasteiger partial charge in [0.15, 0.2) is 0 Å². The van der Waals surface area contributed by atoms with Crippen molar-refractivity contribution in [2.24, 2.45) is 0 Å². The summed E-state index contributed by atoms with van der Waals surface area (Å²) >= 11 is 0. The van der Waals surface area contributed by atoms with Crippen molar-refractivity contribution < 1.29 is 23.7 Å². The first kappa shape index (κ1) is 18.4. The van der Waals surface area contributed by atoms with Gasteiger partial charge in [-0.1, -0.05) is 13.3 Å². The second-order valence-corrected chi connectivity index (χ2v) is 5.01. The molecule has 1 fully saturated rings. The second kappa shape index (κ2) is 13.0. The smallest absolute Gasteiger partial charge is 0.323 e. The van der Waals surface area contributed by atoms with Crippen LogP contribution in [0.15, 0.2) is 0 Å². The molecule has 1 aliphatic heterocycles. The fraction of sp³-hybridized carbons (Fsp3) is 0.933. The molecule has 1 N–H and O–H groups in total. The molecule has 1 rings (SSSR count). The third-order valence-corrected chi connectivity index (χ3v) is 3.20. The van der Waals surface area contributed by atoms with Gasteiger partial charge in [-0.05, 0) is 25.8 Å². The number of unbranched alkanes of at least 4 members (excludes halogenated alkanes) is 1. The SMILES string of the molecule is CCCCOCCOCCOCCOC(=O)C1CCCN1. The van der Waals surface area contributed by atoms with Crippen LogP contribution in [-0.4, -0.2) is 64.8 Å². The van der Waals surface area contributed by atoms with Gasteiger partial charge in [0, 0.05) is 6.61 Å². The Morgan fingerprint density at radius 1 is 1.00 bits per heavy atom. The summed E-state index contributed by atoms with van der Waals surface area (Å²) in [7, 11) is 0. The van der Waals surface area contributed by atoms with Crippen molar-refractivity contribution >= 4 is 5.97 Å². The van der Waals surface area contributed by atoms with Crippen LogP contribution in [-0.2, 0) is 23.7 Å². The minimum Gasteiger partial charge on any atom is -0.462 e. The summed E-state index contributed by atoms with van der Waals surface area (Å²) in [6.07, 6.45) is 4.15. The monoisotopic (exact) mass is 303 g/mol. The van der Waals surface area contributed by atoms with Crippen molar-refractivity contribution in [3.05, 3.63) is 0 Å². The molecule has 0 amide bonds. The predicted octanol–water partition coefficient (Wildman–Crippen LogP) is 1.13. The van der Waals surface area contributed by atoms with Crippen LogP contribution in [0.5, 0.6) is 0 Å². The van der Waals surface area contributed by atoms with Crippen LogP contribution >= 0.6 is 0 Å². The third-order valence-electron chi connectivity index (χ3n) is 3.20. The van der Waals surface area contributed by atoms with E-state index >= 15 is 0 Å². The number of nitrogens with one attached hydrogen (secondary N) is 1. The molecule has 0 saturated carbocycles. The van der Waals surface area contributed by atoms with Gasteiger partial charge in [-0.25, -0.2) is 0 Å². The number of hydrogen-bond acceptors (Lipinski definition) is 6. The Bertz CT molecular complexity index is 256. The molecule has 0 aromatic heterocycles. The van der Waals surface area contributed by atoms with Crippen LogP contribution in [0.1, 0.15) is 32.6 Å². The van der Waals surface area contributed by atoms with Crippen LogP contribution in [0.25, 0.3) is 0 Å². The van der Waals surface area contributed by atoms with Crippen molar-refractivity contribution in [2.75, 3.05) is 52.8 Å². The molecule has 0 aliphatic carbocycles. The average molecular weight is 303 g/mol. The number of esters is 1. The Morgan fingerprint density at radius 3 is 2.19 bits per heavy atom. The minimum atomic E-state index is -0.170. The number of carbonyl (C=O) groups excluding carboxylic acids is 1. The molecule has 0 aromatic carbocycles. The molecule has 0 bridgehead atoms. The first-order chi connectivity index (χ1) is 10.3. The van der Waals surface area contributed by atoms with Gasteiger partial charge < -0.3 is 24.3 Å². The van der Waals surface area contributed by atoms with Gasteiger partial charge in [0.05, 0.1) is 33.0 Å². The fourth-order valence-corrected chi connectivity index (χ4v) is 1.98. The largest absolute Gasteiger partial charge is 0.462 e. The Kier molecular flexibility index (Phi) is 11.4. The summed E-state index contributed by atoms with van der Waals surface area (Å²) in [4.78, 5) is 11.5. The van der Waals surface area contributed by atoms with Gasteiger partial charge in [0.1, 0.15) is 12.6 Å². The molecule has 0 spiro atoms. The normalized spacial score (nSPS) is 18.0. The zero-order valence-corrected chi connectivity index (χ0v) is 13.1. The van der Waals surface area contributed by atoms with E-state index in [1.165, 1.54) is 0 Å². The molecule has 0 radical (unpaired) electrons. The second-order valence-electron chi connectivity index (χ2n) is 5.01. The molecule has 1 aliphatic rings. The van der Waals surface area contributed by atoms with Gasteiger partial charge in [-0.2, -0.15) is 0 Å². The zero-order chi connectivity index (χ0) is 15.2. The molecule has 124 valence electrons. The highest BCUT2D eigenvalue weighted by Crippen LogP contribution is 2.06. The van der Waals surface area contributed by atoms with Crippen LogP contribution in [0.2, 0.25) is 0 Å². The maximum Gasteiger partial charge on any atom is 0.323 e. The first-order valence-electron chi connectivity index (χ1n) is 7.98. The molecule has 1 unspecified atom stereocenters. The number of hydrogen-bond donors (Lipinski definition) is 1. The molecule has 1 saturated heterocycles. The molecule has 21 heavy (non-hydrogen) atoms. The molecular formula is C15H29NO5. The van der Waals surface area contributed by atoms with Gasteiger partial charge in [-0.15, -0.1) is 0 Å². The van der Waals surface area contributed by atoms with Crippen molar-refractivity contribution in [3.63, 3.8) is 0 Å². The van der Waals surface area contributed by atoms with E-state index < -0.39 is 0 Å². The summed E-state index contributed by atoms with van der Waals surface area (Å²) in [6, 6.07) is -0.124. The van der Waals surface area contributed by atoms with Gasteiger partial charge >= 0.3 is 5.97 Å². The molecule has 6 nitrogen and oxygen atoms in total. The summed E-state index contributed by atoms with van der Waals surface area (Å²) < 4.78 is 21.2. The van der Waals surface area contributed by atoms with Crippen LogP contribution < -0.4 is 5.32 Å². The summed E-state index contributed by atoms with van der Waals surface area (Å²) in [5, 5.41) is 3.10. The molecule has 1 heterocycles. The Morgan fingerprint density at radius 2 is 1.62 bits per heavy atom. The molecule has 6 heteroatoms. The van der Waals surface area contributed by atoms with Crippen molar-refractivity contribution in [1.82, 2.24) is 5.32 Å². The van der Waals surface area contributed by atoms with Crippen LogP contribution in [0, 0.1) is 0 Å². The zero-order valence-electron chi connectivity index (χ0n) is 13.1. The predicted molar refractivity (Wildman–Crippen MR) is 79.3 cm³/mol. The summed E-state index contributed by atoms with van der Waals surface area (Å²) in [5.74, 6) is -0.170. The lowest BCUT2D eigenvalue weighted by Gasteiger charge is -2.10. The quantitative estimate of drug-likeness (QED) is 0.406. The van der Waals surface area contributed by atoms with Crippen molar-refractivity contribution in [1.29, 1.82) is 0 Å². The lowest BCUT2D eigenvalue weighted by atomic mass is 10.2. The highest BCUT2D eigenvalue weighted by molar-refractivity contribution is 5.76. The van der Waals surface area contributed by atoms with E-state index in [0.717, 1.165) is 38.8 Å². The molecule has 0 aromatic rings. The number of rotatable bonds is 13. The molecular weight excluding hydrogens is 274 g/mol. The van der Waals surface area contributed by atoms with E-state index in [-0.39, 0.29) is 12.0 Å². The lowest BCUT2D eigenvalue weighted by Crippen LogP contribution is -2.33. The number of carbonyl (C=O) groups is 1. The summed E-state index contributed by atoms with van der Waals surface area (Å²) in [6.45, 7) is 6.82. The Labute approximate surface area is 127 Å². The van der Waals surface area contributed by atoms with Crippen LogP contribution in [0.3, 0.4) is 0 Å². The van der Waals surface area contributed by atoms with E-state index in [0.29, 0.717) is 39.6 Å². The van der Waals surface area contributed by atoms with Gasteiger partial charge in [-0.3, -0.25) is 4.79 Å². The van der Waals surface area contributed by atoms with E-state index in [2.05, 4.69) is 12.2 Å². The van der Waals surface area contributed by atoms with Crippen molar-refractivity contribution in [3.8, 4) is 0 Å². The third kappa shape index (κ3) is 9.79. The Hall–Kier alpha value is -0.690. The highest BCUT2D eigenvalue weighted by atomic mass is 16.6.